The number of hydrogen-bond donors (Lipinski definition) is 0. The Morgan fingerprint density at radius 2 is 1.94 bits per heavy atom. The number of benzene rings is 2. The van der Waals surface area contributed by atoms with Crippen molar-refractivity contribution in [3.05, 3.63) is 70.5 Å². The normalized spacial score (nSPS) is 24.9. The van der Waals surface area contributed by atoms with Crippen LogP contribution in [0.3, 0.4) is 0 Å². The first kappa shape index (κ1) is 33.4. The molecular formula is C39H43ClFN8O3+. The van der Waals surface area contributed by atoms with E-state index in [-0.39, 0.29) is 16.9 Å². The molecule has 52 heavy (non-hydrogen) atoms. The minimum absolute atomic E-state index is 0.000536. The Morgan fingerprint density at radius 1 is 1.10 bits per heavy atom. The molecule has 270 valence electrons. The van der Waals surface area contributed by atoms with Crippen molar-refractivity contribution in [1.29, 1.82) is 0 Å². The third kappa shape index (κ3) is 6.03. The van der Waals surface area contributed by atoms with E-state index in [0.29, 0.717) is 63.4 Å². The van der Waals surface area contributed by atoms with E-state index in [1.165, 1.54) is 6.08 Å². The molecule has 2 aromatic heterocycles. The van der Waals surface area contributed by atoms with Crippen LogP contribution in [0.5, 0.6) is 6.01 Å². The Bertz CT molecular complexity index is 2130. The number of carbonyl (C=O) groups excluding carboxylic acids is 1. The van der Waals surface area contributed by atoms with Gasteiger partial charge in [0.1, 0.15) is 18.5 Å². The molecule has 0 radical (unpaired) electrons. The molecule has 5 aliphatic rings. The molecule has 2 aromatic carbocycles. The fourth-order valence-electron chi connectivity index (χ4n) is 8.58. The van der Waals surface area contributed by atoms with Crippen LogP contribution in [0.15, 0.2) is 47.0 Å². The van der Waals surface area contributed by atoms with Gasteiger partial charge in [-0.05, 0) is 49.7 Å². The number of rotatable bonds is 8. The average molecular weight is 726 g/mol. The lowest BCUT2D eigenvalue weighted by Crippen LogP contribution is -2.43. The van der Waals surface area contributed by atoms with Crippen molar-refractivity contribution in [2.24, 2.45) is 0 Å². The van der Waals surface area contributed by atoms with Crippen molar-refractivity contribution >= 4 is 51.6 Å². The lowest BCUT2D eigenvalue weighted by Gasteiger charge is -2.32. The summed E-state index contributed by atoms with van der Waals surface area (Å²) in [6.45, 7) is 6.21. The van der Waals surface area contributed by atoms with Crippen LogP contribution in [-0.4, -0.2) is 104 Å². The molecule has 0 unspecified atom stereocenters. The maximum atomic E-state index is 14.6. The maximum absolute atomic E-state index is 14.6. The topological polar surface area (TPSA) is 104 Å². The summed E-state index contributed by atoms with van der Waals surface area (Å²) in [4.78, 5) is 34.2. The first-order valence-electron chi connectivity index (χ1n) is 18.4. The Morgan fingerprint density at radius 3 is 2.79 bits per heavy atom. The van der Waals surface area contributed by atoms with Crippen LogP contribution in [0.1, 0.15) is 68.4 Å². The molecule has 1 amide bonds. The average Bonchev–Trinajstić information content (AvgIpc) is 3.61. The highest BCUT2D eigenvalue weighted by atomic mass is 35.5. The number of anilines is 1. The highest BCUT2D eigenvalue weighted by Crippen LogP contribution is 2.46. The van der Waals surface area contributed by atoms with Gasteiger partial charge in [0.15, 0.2) is 5.82 Å². The van der Waals surface area contributed by atoms with Gasteiger partial charge in [0.25, 0.3) is 5.89 Å². The van der Waals surface area contributed by atoms with Crippen molar-refractivity contribution < 1.29 is 23.0 Å². The zero-order valence-electron chi connectivity index (χ0n) is 29.7. The van der Waals surface area contributed by atoms with E-state index in [1.807, 2.05) is 24.1 Å². The molecule has 0 N–H and O–H groups in total. The van der Waals surface area contributed by atoms with Crippen LogP contribution in [0.2, 0.25) is 5.02 Å². The number of nitrogens with zero attached hydrogens (tertiary/aromatic N) is 8. The second-order valence-corrected chi connectivity index (χ2v) is 15.8. The third-order valence-electron chi connectivity index (χ3n) is 11.9. The summed E-state index contributed by atoms with van der Waals surface area (Å²) >= 11 is 6.75. The smallest absolute Gasteiger partial charge is 0.434 e. The summed E-state index contributed by atoms with van der Waals surface area (Å²) in [5.74, 6) is 1.73. The van der Waals surface area contributed by atoms with Crippen molar-refractivity contribution in [2.75, 3.05) is 51.3 Å². The summed E-state index contributed by atoms with van der Waals surface area (Å²) in [5, 5.41) is 6.94. The van der Waals surface area contributed by atoms with Gasteiger partial charge in [0.2, 0.25) is 5.91 Å². The van der Waals surface area contributed by atoms with E-state index >= 15 is 0 Å². The zero-order valence-corrected chi connectivity index (χ0v) is 30.4. The predicted octanol–water partition coefficient (Wildman–Crippen LogP) is 5.90. The summed E-state index contributed by atoms with van der Waals surface area (Å²) in [6.07, 6.45) is 8.23. The summed E-state index contributed by atoms with van der Waals surface area (Å²) in [5.41, 5.74) is 3.79. The number of amides is 1. The Labute approximate surface area is 307 Å². The number of ether oxygens (including phenoxy) is 1. The maximum Gasteiger partial charge on any atom is 0.434 e. The zero-order chi connectivity index (χ0) is 35.6. The molecule has 4 fully saturated rings. The van der Waals surface area contributed by atoms with Gasteiger partial charge in [-0.1, -0.05) is 47.9 Å². The van der Waals surface area contributed by atoms with Crippen LogP contribution in [0, 0.1) is 0 Å². The van der Waals surface area contributed by atoms with Crippen LogP contribution in [0.25, 0.3) is 16.8 Å². The highest BCUT2D eigenvalue weighted by Gasteiger charge is 2.50. The monoisotopic (exact) mass is 725 g/mol. The predicted molar refractivity (Wildman–Crippen MR) is 196 cm³/mol. The van der Waals surface area contributed by atoms with E-state index in [4.69, 9.17) is 30.8 Å². The third-order valence-corrected chi connectivity index (χ3v) is 12.2. The summed E-state index contributed by atoms with van der Waals surface area (Å²) in [6, 6.07) is 12.6. The fraction of sp³-hybridized carbons (Fsp3) is 0.487. The number of fused-ring (bicyclic) bond motifs is 3. The standard InChI is InChI=1S/C39H43ClFN8O3/c1-38(15-16-38)36-43-32(52-45-36)10-11-33(50)48-18-12-27(22-48)46(2)35-28-13-19-47(31-9-4-7-25-6-3-8-29(40)34(25)31)23-30(28)42-37(44-35)51-24-39-14-5-17-49(39)21-26(41)20-39/h3-4,6-11,26H,5,12-24H2,1-2H3/q+1/b11-10+,46-27?/t26-,39+/m1/s1. The first-order chi connectivity index (χ1) is 25.2. The Balaban J connectivity index is 1.00. The summed E-state index contributed by atoms with van der Waals surface area (Å²) in [7, 11) is 2.02. The van der Waals surface area contributed by atoms with E-state index in [1.54, 1.807) is 6.08 Å². The summed E-state index contributed by atoms with van der Waals surface area (Å²) < 4.78 is 28.5. The molecule has 0 bridgehead atoms. The molecule has 2 atom stereocenters. The first-order valence-corrected chi connectivity index (χ1v) is 18.8. The molecule has 11 nitrogen and oxygen atoms in total. The lowest BCUT2D eigenvalue weighted by atomic mass is 9.95. The quantitative estimate of drug-likeness (QED) is 0.162. The van der Waals surface area contributed by atoms with Crippen LogP contribution < -0.4 is 9.64 Å². The van der Waals surface area contributed by atoms with Gasteiger partial charge in [-0.3, -0.25) is 9.69 Å². The number of hydrogen-bond acceptors (Lipinski definition) is 9. The number of likely N-dealkylation sites (tertiary alicyclic amines) is 1. The second kappa shape index (κ2) is 12.9. The second-order valence-electron chi connectivity index (χ2n) is 15.4. The van der Waals surface area contributed by atoms with Gasteiger partial charge in [-0.2, -0.15) is 9.97 Å². The minimum Gasteiger partial charge on any atom is -0.443 e. The molecule has 9 rings (SSSR count). The van der Waals surface area contributed by atoms with Gasteiger partial charge in [-0.25, -0.2) is 8.97 Å². The van der Waals surface area contributed by atoms with Crippen molar-refractivity contribution in [3.63, 3.8) is 0 Å². The number of carbonyl (C=O) groups is 1. The van der Waals surface area contributed by atoms with Gasteiger partial charge in [-0.15, -0.1) is 0 Å². The molecule has 13 heteroatoms. The molecule has 3 saturated heterocycles. The van der Waals surface area contributed by atoms with E-state index < -0.39 is 6.17 Å². The number of aromatic nitrogens is 4. The van der Waals surface area contributed by atoms with Gasteiger partial charge < -0.3 is 19.1 Å². The molecule has 1 saturated carbocycles. The molecule has 4 aliphatic heterocycles. The molecule has 1 aliphatic carbocycles. The van der Waals surface area contributed by atoms with Crippen LogP contribution in [-0.2, 0) is 23.2 Å². The van der Waals surface area contributed by atoms with Crippen molar-refractivity contribution in [1.82, 2.24) is 29.9 Å². The lowest BCUT2D eigenvalue weighted by molar-refractivity contribution is -0.412. The van der Waals surface area contributed by atoms with Gasteiger partial charge in [0, 0.05) is 72.5 Å². The van der Waals surface area contributed by atoms with Crippen molar-refractivity contribution in [2.45, 2.75) is 75.5 Å². The van der Waals surface area contributed by atoms with E-state index in [9.17, 15) is 9.18 Å². The van der Waals surface area contributed by atoms with Crippen LogP contribution >= 0.6 is 11.6 Å². The van der Waals surface area contributed by atoms with Gasteiger partial charge in [0.05, 0.1) is 42.0 Å². The highest BCUT2D eigenvalue weighted by molar-refractivity contribution is 6.36. The number of alkyl halides is 1. The van der Waals surface area contributed by atoms with Gasteiger partial charge >= 0.3 is 11.8 Å². The van der Waals surface area contributed by atoms with E-state index in [0.717, 1.165) is 89.5 Å². The molecule has 0 spiro atoms. The van der Waals surface area contributed by atoms with Crippen LogP contribution in [0.4, 0.5) is 15.9 Å². The minimum atomic E-state index is -0.842. The molecule has 4 aromatic rings. The fourth-order valence-corrected chi connectivity index (χ4v) is 8.86. The Hall–Kier alpha value is -4.42. The molecule has 6 heterocycles. The largest absolute Gasteiger partial charge is 0.443 e. The Kier molecular flexibility index (Phi) is 8.30. The molecular weight excluding hydrogens is 683 g/mol. The van der Waals surface area contributed by atoms with Crippen molar-refractivity contribution in [3.8, 4) is 6.01 Å². The number of halogens is 2. The van der Waals surface area contributed by atoms with E-state index in [2.05, 4.69) is 55.7 Å². The SMILES string of the molecule is C[N+](=C1CCN(C(=O)/C=C/c2nc(C3(C)CC3)no2)C1)c1nc(OC[C@@]23CCCN2C[C@H](F)C3)nc2c1CCN(c1cccc3cccc(Cl)c13)C2.